The molecule has 0 saturated carbocycles. The van der Waals surface area contributed by atoms with Crippen molar-refractivity contribution in [2.24, 2.45) is 0 Å². The van der Waals surface area contributed by atoms with Gasteiger partial charge in [-0.15, -0.1) is 0 Å². The molecule has 72 heavy (non-hydrogen) atoms. The molecule has 0 N–H and O–H groups in total. The highest BCUT2D eigenvalue weighted by Crippen LogP contribution is 2.55. The first kappa shape index (κ1) is 46.5. The SMILES string of the molecule is Cc1cc2c3c(c1)N(c1ccc(C(C)(C)C)cc1-c1ccccc1)c1cc4c(cc1B3c1cc(-c3cccc5c3-c3ccccc3C5(C)C)ccc1N2c1ccc(C(C)(C)C)cc1C)C(C)(C)CCC4(C)C. The first-order chi connectivity index (χ1) is 34.0. The van der Waals surface area contributed by atoms with Crippen molar-refractivity contribution in [1.82, 2.24) is 0 Å². The molecule has 2 aliphatic heterocycles. The van der Waals surface area contributed by atoms with E-state index < -0.39 is 0 Å². The molecule has 2 aliphatic carbocycles. The zero-order chi connectivity index (χ0) is 50.6. The maximum absolute atomic E-state index is 2.69. The minimum atomic E-state index is -0.0927. The fourth-order valence-electron chi connectivity index (χ4n) is 13.3. The summed E-state index contributed by atoms with van der Waals surface area (Å²) in [4.78, 5) is 5.32. The van der Waals surface area contributed by atoms with Gasteiger partial charge in [0, 0.05) is 39.4 Å². The molecule has 0 saturated heterocycles. The Labute approximate surface area is 431 Å². The van der Waals surface area contributed by atoms with Gasteiger partial charge in [0.15, 0.2) is 0 Å². The first-order valence-electron chi connectivity index (χ1n) is 26.7. The molecule has 4 aliphatic rings. The van der Waals surface area contributed by atoms with Gasteiger partial charge in [0.1, 0.15) is 0 Å². The number of hydrogen-bond donors (Lipinski definition) is 0. The van der Waals surface area contributed by atoms with Crippen LogP contribution in [0.3, 0.4) is 0 Å². The summed E-state index contributed by atoms with van der Waals surface area (Å²) in [5.41, 5.74) is 30.3. The van der Waals surface area contributed by atoms with E-state index in [-0.39, 0.29) is 33.8 Å². The Bertz CT molecular complexity index is 3550. The molecule has 0 fully saturated rings. The second kappa shape index (κ2) is 15.7. The summed E-state index contributed by atoms with van der Waals surface area (Å²) >= 11 is 0. The third-order valence-electron chi connectivity index (χ3n) is 17.6. The third-order valence-corrected chi connectivity index (χ3v) is 17.6. The molecule has 0 spiro atoms. The number of aryl methyl sites for hydroxylation is 2. The lowest BCUT2D eigenvalue weighted by Gasteiger charge is -2.48. The van der Waals surface area contributed by atoms with Crippen molar-refractivity contribution in [3.8, 4) is 33.4 Å². The maximum atomic E-state index is 2.69. The molecule has 3 heteroatoms. The minimum absolute atomic E-state index is 0.0187. The van der Waals surface area contributed by atoms with E-state index >= 15 is 0 Å². The van der Waals surface area contributed by atoms with E-state index in [0.29, 0.717) is 0 Å². The average molecular weight is 939 g/mol. The lowest BCUT2D eigenvalue weighted by Crippen LogP contribution is -2.62. The standard InChI is InChI=1S/C69H71BN2/c1-42-35-61-64-62(36-42)72(58-32-29-47(66(6,7)8)39-50(58)44-21-16-15-17-22-44)60-41-54-53(67(9,10)33-34-68(54,11)12)40-56(60)70(64)55-38-45(27-30-59(55)71(61)57-31-28-46(37-43(57)2)65(3,4)5)48-24-20-26-52-63(48)49-23-18-19-25-51(49)69(52,13)14/h15-32,35-41H,33-34H2,1-14H3. The first-order valence-corrected chi connectivity index (χ1v) is 26.7. The number of fused-ring (bicyclic) bond motifs is 8. The Morgan fingerprint density at radius 1 is 0.417 bits per heavy atom. The molecule has 2 nitrogen and oxygen atoms in total. The smallest absolute Gasteiger partial charge is 0.252 e. The van der Waals surface area contributed by atoms with Crippen molar-refractivity contribution in [3.63, 3.8) is 0 Å². The summed E-state index contributed by atoms with van der Waals surface area (Å²) in [5, 5.41) is 0. The summed E-state index contributed by atoms with van der Waals surface area (Å²) < 4.78 is 0. The predicted octanol–water partition coefficient (Wildman–Crippen LogP) is 17.0. The molecule has 8 aromatic carbocycles. The number of rotatable bonds is 4. The normalized spacial score (nSPS) is 16.6. The Morgan fingerprint density at radius 2 is 0.972 bits per heavy atom. The van der Waals surface area contributed by atoms with Crippen LogP contribution < -0.4 is 26.2 Å². The average Bonchev–Trinajstić information content (AvgIpc) is 3.58. The van der Waals surface area contributed by atoms with Gasteiger partial charge < -0.3 is 9.80 Å². The molecule has 0 radical (unpaired) electrons. The molecule has 0 bridgehead atoms. The number of hydrogen-bond acceptors (Lipinski definition) is 2. The molecule has 0 aromatic heterocycles. The lowest BCUT2D eigenvalue weighted by molar-refractivity contribution is 0.332. The van der Waals surface area contributed by atoms with Crippen LogP contribution in [-0.4, -0.2) is 6.71 Å². The predicted molar refractivity (Wildman–Crippen MR) is 311 cm³/mol. The van der Waals surface area contributed by atoms with Gasteiger partial charge in [-0.1, -0.05) is 192 Å². The zero-order valence-corrected chi connectivity index (χ0v) is 45.3. The topological polar surface area (TPSA) is 6.48 Å². The molecule has 0 atom stereocenters. The Kier molecular flexibility index (Phi) is 10.1. The van der Waals surface area contributed by atoms with Crippen molar-refractivity contribution in [1.29, 1.82) is 0 Å². The highest BCUT2D eigenvalue weighted by atomic mass is 15.2. The third kappa shape index (κ3) is 6.96. The van der Waals surface area contributed by atoms with E-state index in [4.69, 9.17) is 0 Å². The fraction of sp³-hybridized carbons (Fsp3) is 0.304. The Morgan fingerprint density at radius 3 is 1.64 bits per heavy atom. The van der Waals surface area contributed by atoms with Gasteiger partial charge in [-0.3, -0.25) is 0 Å². The van der Waals surface area contributed by atoms with Gasteiger partial charge in [-0.05, 0) is 180 Å². The van der Waals surface area contributed by atoms with Crippen LogP contribution in [0, 0.1) is 13.8 Å². The van der Waals surface area contributed by atoms with Crippen molar-refractivity contribution < 1.29 is 0 Å². The van der Waals surface area contributed by atoms with Crippen molar-refractivity contribution in [3.05, 3.63) is 196 Å². The summed E-state index contributed by atoms with van der Waals surface area (Å²) in [6, 6.07) is 59.6. The number of benzene rings is 8. The van der Waals surface area contributed by atoms with Crippen LogP contribution in [0.15, 0.2) is 152 Å². The van der Waals surface area contributed by atoms with Crippen LogP contribution >= 0.6 is 0 Å². The highest BCUT2D eigenvalue weighted by molar-refractivity contribution is 7.00. The van der Waals surface area contributed by atoms with Gasteiger partial charge in [0.2, 0.25) is 0 Å². The van der Waals surface area contributed by atoms with E-state index in [1.54, 1.807) is 0 Å². The van der Waals surface area contributed by atoms with E-state index in [1.165, 1.54) is 128 Å². The zero-order valence-electron chi connectivity index (χ0n) is 45.3. The van der Waals surface area contributed by atoms with Crippen LogP contribution in [0.4, 0.5) is 34.1 Å². The lowest BCUT2D eigenvalue weighted by atomic mass is 9.33. The second-order valence-electron chi connectivity index (χ2n) is 25.8. The van der Waals surface area contributed by atoms with Crippen LogP contribution in [0.2, 0.25) is 0 Å². The summed E-state index contributed by atoms with van der Waals surface area (Å²) in [6.45, 7) is 33.3. The molecule has 12 rings (SSSR count). The Balaban J connectivity index is 1.21. The minimum Gasteiger partial charge on any atom is -0.311 e. The monoisotopic (exact) mass is 939 g/mol. The summed E-state index contributed by atoms with van der Waals surface area (Å²) in [7, 11) is 0. The highest BCUT2D eigenvalue weighted by Gasteiger charge is 2.47. The van der Waals surface area contributed by atoms with Crippen LogP contribution in [0.5, 0.6) is 0 Å². The fourth-order valence-corrected chi connectivity index (χ4v) is 13.3. The molecular weight excluding hydrogens is 868 g/mol. The molecular formula is C69H71BN2. The molecule has 2 heterocycles. The second-order valence-corrected chi connectivity index (χ2v) is 25.8. The molecule has 8 aromatic rings. The molecule has 0 amide bonds. The van der Waals surface area contributed by atoms with Crippen molar-refractivity contribution in [2.75, 3.05) is 9.80 Å². The largest absolute Gasteiger partial charge is 0.311 e. The van der Waals surface area contributed by atoms with Crippen LogP contribution in [0.25, 0.3) is 33.4 Å². The summed E-state index contributed by atoms with van der Waals surface area (Å²) in [6.07, 6.45) is 2.31. The van der Waals surface area contributed by atoms with Gasteiger partial charge in [0.25, 0.3) is 6.71 Å². The van der Waals surface area contributed by atoms with Crippen molar-refractivity contribution in [2.45, 2.75) is 137 Å². The summed E-state index contributed by atoms with van der Waals surface area (Å²) in [5.74, 6) is 0. The quantitative estimate of drug-likeness (QED) is 0.162. The van der Waals surface area contributed by atoms with Gasteiger partial charge in [0.05, 0.1) is 5.69 Å². The van der Waals surface area contributed by atoms with Gasteiger partial charge in [-0.2, -0.15) is 0 Å². The Hall–Kier alpha value is -6.58. The number of nitrogens with zero attached hydrogens (tertiary/aromatic N) is 2. The van der Waals surface area contributed by atoms with Crippen LogP contribution in [0.1, 0.15) is 140 Å². The van der Waals surface area contributed by atoms with Gasteiger partial charge >= 0.3 is 0 Å². The number of anilines is 6. The van der Waals surface area contributed by atoms with E-state index in [2.05, 4.69) is 258 Å². The molecule has 0 unspecified atom stereocenters. The van der Waals surface area contributed by atoms with Crippen molar-refractivity contribution >= 4 is 57.2 Å². The van der Waals surface area contributed by atoms with E-state index in [9.17, 15) is 0 Å². The van der Waals surface area contributed by atoms with E-state index in [1.807, 2.05) is 0 Å². The maximum Gasteiger partial charge on any atom is 0.252 e. The van der Waals surface area contributed by atoms with Crippen LogP contribution in [-0.2, 0) is 27.1 Å². The van der Waals surface area contributed by atoms with E-state index in [0.717, 1.165) is 12.8 Å². The molecule has 360 valence electrons. The van der Waals surface area contributed by atoms with Gasteiger partial charge in [-0.25, -0.2) is 0 Å².